The summed E-state index contributed by atoms with van der Waals surface area (Å²) in [5.74, 6) is 0.791. The maximum atomic E-state index is 13.2. The van der Waals surface area contributed by atoms with Crippen LogP contribution in [-0.2, 0) is 17.6 Å². The molecule has 5 rings (SSSR count). The van der Waals surface area contributed by atoms with Gasteiger partial charge in [-0.15, -0.1) is 23.1 Å². The minimum absolute atomic E-state index is 0.0176. The Morgan fingerprint density at radius 3 is 2.76 bits per heavy atom. The highest BCUT2D eigenvalue weighted by Gasteiger charge is 2.30. The number of ether oxygens (including phenoxy) is 1. The van der Waals surface area contributed by atoms with Crippen molar-refractivity contribution in [1.29, 1.82) is 0 Å². The maximum Gasteiger partial charge on any atom is 0.341 e. The molecule has 1 saturated carbocycles. The standard InChI is InChI=1S/C26H35N3O3S2/c1-2-21-20(18-11-12-27-13-16(18)15-33-21)14-28-26(31)29-24-23(19-9-5-6-10-22(19)34-24)25(30)32-17-7-3-4-8-17/h17,27H,2-15H2,1H3,(H2,28,29,31). The van der Waals surface area contributed by atoms with Crippen LogP contribution in [0.3, 0.4) is 0 Å². The number of nitrogens with one attached hydrogen (secondary N) is 3. The van der Waals surface area contributed by atoms with Crippen molar-refractivity contribution in [2.24, 2.45) is 0 Å². The van der Waals surface area contributed by atoms with E-state index < -0.39 is 0 Å². The zero-order valence-electron chi connectivity index (χ0n) is 20.0. The van der Waals surface area contributed by atoms with Crippen LogP contribution in [0.5, 0.6) is 0 Å². The number of allylic oxidation sites excluding steroid dienone is 1. The summed E-state index contributed by atoms with van der Waals surface area (Å²) in [6, 6.07) is -0.247. The summed E-state index contributed by atoms with van der Waals surface area (Å²) < 4.78 is 5.86. The Hall–Kier alpha value is -1.77. The molecular formula is C26H35N3O3S2. The number of esters is 1. The molecule has 0 atom stereocenters. The Balaban J connectivity index is 1.30. The third kappa shape index (κ3) is 5.09. The number of amides is 2. The molecule has 0 aromatic carbocycles. The molecule has 0 spiro atoms. The molecule has 0 radical (unpaired) electrons. The Bertz CT molecular complexity index is 1020. The molecule has 2 amide bonds. The van der Waals surface area contributed by atoms with Crippen LogP contribution in [0.4, 0.5) is 9.80 Å². The summed E-state index contributed by atoms with van der Waals surface area (Å²) in [6.45, 7) is 4.65. The lowest BCUT2D eigenvalue weighted by Crippen LogP contribution is -2.34. The van der Waals surface area contributed by atoms with Crippen molar-refractivity contribution < 1.29 is 14.3 Å². The van der Waals surface area contributed by atoms with E-state index >= 15 is 0 Å². The first-order chi connectivity index (χ1) is 16.6. The summed E-state index contributed by atoms with van der Waals surface area (Å²) in [7, 11) is 0. The van der Waals surface area contributed by atoms with Gasteiger partial charge in [-0.2, -0.15) is 0 Å². The van der Waals surface area contributed by atoms with Gasteiger partial charge < -0.3 is 15.4 Å². The van der Waals surface area contributed by atoms with Crippen molar-refractivity contribution in [3.8, 4) is 0 Å². The molecule has 3 N–H and O–H groups in total. The highest BCUT2D eigenvalue weighted by Crippen LogP contribution is 2.40. The van der Waals surface area contributed by atoms with E-state index in [0.717, 1.165) is 88.6 Å². The number of fused-ring (bicyclic) bond motifs is 1. The van der Waals surface area contributed by atoms with Gasteiger partial charge in [-0.25, -0.2) is 9.59 Å². The summed E-state index contributed by atoms with van der Waals surface area (Å²) in [5, 5.41) is 10.2. The summed E-state index contributed by atoms with van der Waals surface area (Å²) in [4.78, 5) is 28.8. The fraction of sp³-hybridized carbons (Fsp3) is 0.615. The average molecular weight is 502 g/mol. The number of aryl methyl sites for hydroxylation is 1. The van der Waals surface area contributed by atoms with Gasteiger partial charge in [-0.3, -0.25) is 5.32 Å². The predicted molar refractivity (Wildman–Crippen MR) is 140 cm³/mol. The van der Waals surface area contributed by atoms with Gasteiger partial charge in [-0.05, 0) is 97.9 Å². The van der Waals surface area contributed by atoms with Crippen molar-refractivity contribution >= 4 is 40.1 Å². The van der Waals surface area contributed by atoms with Crippen LogP contribution >= 0.6 is 23.1 Å². The lowest BCUT2D eigenvalue weighted by molar-refractivity contribution is 0.0318. The van der Waals surface area contributed by atoms with E-state index in [-0.39, 0.29) is 18.1 Å². The molecule has 3 heterocycles. The lowest BCUT2D eigenvalue weighted by atomic mass is 9.93. The Kier molecular flexibility index (Phi) is 7.66. The molecule has 0 bridgehead atoms. The quantitative estimate of drug-likeness (QED) is 0.446. The highest BCUT2D eigenvalue weighted by atomic mass is 32.2. The van der Waals surface area contributed by atoms with Crippen LogP contribution in [0.2, 0.25) is 0 Å². The van der Waals surface area contributed by atoms with E-state index in [4.69, 9.17) is 4.74 Å². The molecule has 2 aliphatic heterocycles. The number of anilines is 1. The molecule has 0 unspecified atom stereocenters. The fourth-order valence-corrected chi connectivity index (χ4v) is 8.06. The number of carbonyl (C=O) groups excluding carboxylic acids is 2. The first-order valence-corrected chi connectivity index (χ1v) is 14.6. The second kappa shape index (κ2) is 10.9. The zero-order valence-corrected chi connectivity index (χ0v) is 21.7. The lowest BCUT2D eigenvalue weighted by Gasteiger charge is -2.29. The number of thioether (sulfide) groups is 1. The van der Waals surface area contributed by atoms with Crippen molar-refractivity contribution in [3.05, 3.63) is 37.6 Å². The average Bonchev–Trinajstić information content (AvgIpc) is 3.49. The zero-order chi connectivity index (χ0) is 23.5. The molecule has 4 aliphatic rings. The number of hydrogen-bond donors (Lipinski definition) is 3. The Morgan fingerprint density at radius 1 is 1.12 bits per heavy atom. The summed E-state index contributed by atoms with van der Waals surface area (Å²) in [6.07, 6.45) is 10.2. The number of carbonyl (C=O) groups is 2. The van der Waals surface area contributed by atoms with Crippen molar-refractivity contribution in [1.82, 2.24) is 10.6 Å². The van der Waals surface area contributed by atoms with Crippen molar-refractivity contribution in [3.63, 3.8) is 0 Å². The second-order valence-corrected chi connectivity index (χ2v) is 11.8. The predicted octanol–water partition coefficient (Wildman–Crippen LogP) is 5.55. The van der Waals surface area contributed by atoms with Gasteiger partial charge >= 0.3 is 12.0 Å². The van der Waals surface area contributed by atoms with Gasteiger partial charge in [0.25, 0.3) is 0 Å². The van der Waals surface area contributed by atoms with E-state index in [0.29, 0.717) is 17.1 Å². The van der Waals surface area contributed by atoms with Crippen LogP contribution in [0.15, 0.2) is 21.6 Å². The fourth-order valence-electron chi connectivity index (χ4n) is 5.59. The van der Waals surface area contributed by atoms with E-state index in [1.54, 1.807) is 11.3 Å². The smallest absolute Gasteiger partial charge is 0.341 e. The molecule has 8 heteroatoms. The molecule has 34 heavy (non-hydrogen) atoms. The molecule has 2 aliphatic carbocycles. The van der Waals surface area contributed by atoms with Crippen LogP contribution in [0.1, 0.15) is 79.1 Å². The van der Waals surface area contributed by atoms with Gasteiger partial charge in [0.15, 0.2) is 0 Å². The van der Waals surface area contributed by atoms with E-state index in [2.05, 4.69) is 22.9 Å². The van der Waals surface area contributed by atoms with Gasteiger partial charge in [0.2, 0.25) is 0 Å². The van der Waals surface area contributed by atoms with Crippen LogP contribution in [0.25, 0.3) is 0 Å². The Morgan fingerprint density at radius 2 is 1.94 bits per heavy atom. The largest absolute Gasteiger partial charge is 0.459 e. The molecule has 1 aromatic heterocycles. The van der Waals surface area contributed by atoms with Crippen LogP contribution < -0.4 is 16.0 Å². The Labute approximate surface area is 210 Å². The molecule has 1 aromatic rings. The molecular weight excluding hydrogens is 466 g/mol. The number of rotatable bonds is 6. The van der Waals surface area contributed by atoms with Crippen LogP contribution in [-0.4, -0.2) is 43.5 Å². The first-order valence-electron chi connectivity index (χ1n) is 12.8. The number of urea groups is 1. The van der Waals surface area contributed by atoms with Crippen molar-refractivity contribution in [2.45, 2.75) is 77.2 Å². The molecule has 184 valence electrons. The molecule has 0 saturated heterocycles. The number of thiophene rings is 1. The monoisotopic (exact) mass is 501 g/mol. The molecule has 6 nitrogen and oxygen atoms in total. The first kappa shape index (κ1) is 23.9. The summed E-state index contributed by atoms with van der Waals surface area (Å²) in [5.41, 5.74) is 5.89. The van der Waals surface area contributed by atoms with Crippen LogP contribution in [0, 0.1) is 0 Å². The van der Waals surface area contributed by atoms with Gasteiger partial charge in [0.05, 0.1) is 5.56 Å². The SMILES string of the molecule is CCC1=C(CNC(=O)Nc2sc3c(c2C(=O)OC2CCCC2)CCCC3)C2=C(CNCC2)CS1. The minimum Gasteiger partial charge on any atom is -0.459 e. The van der Waals surface area contributed by atoms with Gasteiger partial charge in [0.1, 0.15) is 11.1 Å². The maximum absolute atomic E-state index is 13.2. The normalized spacial score (nSPS) is 20.7. The van der Waals surface area contributed by atoms with Gasteiger partial charge in [0, 0.05) is 23.7 Å². The molecule has 1 fully saturated rings. The second-order valence-electron chi connectivity index (χ2n) is 9.59. The van der Waals surface area contributed by atoms with E-state index in [1.165, 1.54) is 26.5 Å². The topological polar surface area (TPSA) is 79.5 Å². The van der Waals surface area contributed by atoms with Gasteiger partial charge in [-0.1, -0.05) is 6.92 Å². The highest BCUT2D eigenvalue weighted by molar-refractivity contribution is 8.03. The van der Waals surface area contributed by atoms with Crippen molar-refractivity contribution in [2.75, 3.05) is 30.7 Å². The minimum atomic E-state index is -0.259. The third-order valence-electron chi connectivity index (χ3n) is 7.36. The summed E-state index contributed by atoms with van der Waals surface area (Å²) >= 11 is 3.46. The number of hydrogen-bond acceptors (Lipinski definition) is 6. The van der Waals surface area contributed by atoms with E-state index in [1.807, 2.05) is 11.8 Å². The van der Waals surface area contributed by atoms with E-state index in [9.17, 15) is 9.59 Å². The third-order valence-corrected chi connectivity index (χ3v) is 9.95.